The van der Waals surface area contributed by atoms with Gasteiger partial charge in [-0.25, -0.2) is 9.97 Å². The second kappa shape index (κ2) is 7.90. The van der Waals surface area contributed by atoms with E-state index in [0.717, 1.165) is 22.0 Å². The van der Waals surface area contributed by atoms with Gasteiger partial charge in [0.15, 0.2) is 11.5 Å². The number of rotatable bonds is 4. The number of carbonyl (C=O) groups excluding carboxylic acids is 1. The first-order valence-corrected chi connectivity index (χ1v) is 10.4. The summed E-state index contributed by atoms with van der Waals surface area (Å²) >= 11 is 6.49. The van der Waals surface area contributed by atoms with Gasteiger partial charge in [0, 0.05) is 22.1 Å². The minimum Gasteiger partial charge on any atom is -0.382 e. The van der Waals surface area contributed by atoms with E-state index in [0.29, 0.717) is 27.5 Å². The van der Waals surface area contributed by atoms with Gasteiger partial charge in [0.05, 0.1) is 28.1 Å². The molecule has 2 aromatic heterocycles. The molecule has 0 fully saturated rings. The number of halogens is 1. The number of aromatic nitrogens is 4. The van der Waals surface area contributed by atoms with Crippen LogP contribution >= 0.6 is 11.6 Å². The molecular formula is C25H18ClN5O. The Labute approximate surface area is 189 Å². The highest BCUT2D eigenvalue weighted by molar-refractivity contribution is 6.35. The van der Waals surface area contributed by atoms with E-state index < -0.39 is 0 Å². The maximum Gasteiger partial charge on any atom is 0.215 e. The van der Waals surface area contributed by atoms with E-state index in [1.54, 1.807) is 24.4 Å². The second-order valence-corrected chi connectivity index (χ2v) is 7.92. The van der Waals surface area contributed by atoms with E-state index in [2.05, 4.69) is 15.2 Å². The number of nitrogens with zero attached hydrogens (tertiary/aromatic N) is 3. The number of aromatic amines is 1. The van der Waals surface area contributed by atoms with Crippen LogP contribution in [-0.2, 0) is 0 Å². The zero-order valence-electron chi connectivity index (χ0n) is 17.1. The monoisotopic (exact) mass is 439 g/mol. The lowest BCUT2D eigenvalue weighted by atomic mass is 10.0. The zero-order chi connectivity index (χ0) is 22.2. The van der Waals surface area contributed by atoms with Crippen LogP contribution in [0.25, 0.3) is 33.4 Å². The molecule has 0 bridgehead atoms. The number of nitrogens with two attached hydrogens (primary N) is 1. The zero-order valence-corrected chi connectivity index (χ0v) is 17.9. The largest absolute Gasteiger partial charge is 0.382 e. The highest BCUT2D eigenvalue weighted by Gasteiger charge is 2.21. The molecule has 5 aromatic rings. The quantitative estimate of drug-likeness (QED) is 0.362. The number of aryl methyl sites for hydroxylation is 1. The predicted octanol–water partition coefficient (Wildman–Crippen LogP) is 5.46. The number of nitrogens with one attached hydrogen (secondary N) is 1. The molecule has 3 N–H and O–H groups in total. The Morgan fingerprint density at radius 2 is 1.66 bits per heavy atom. The van der Waals surface area contributed by atoms with E-state index in [4.69, 9.17) is 22.3 Å². The van der Waals surface area contributed by atoms with Crippen LogP contribution in [0.2, 0.25) is 5.02 Å². The minimum absolute atomic E-state index is 0.0775. The molecule has 0 aliphatic rings. The van der Waals surface area contributed by atoms with Crippen molar-refractivity contribution in [3.8, 4) is 22.5 Å². The van der Waals surface area contributed by atoms with Gasteiger partial charge in [-0.15, -0.1) is 0 Å². The van der Waals surface area contributed by atoms with E-state index >= 15 is 0 Å². The van der Waals surface area contributed by atoms with Crippen LogP contribution < -0.4 is 5.73 Å². The fourth-order valence-corrected chi connectivity index (χ4v) is 3.88. The van der Waals surface area contributed by atoms with Crippen molar-refractivity contribution >= 4 is 34.1 Å². The summed E-state index contributed by atoms with van der Waals surface area (Å²) in [5.41, 5.74) is 11.3. The average Bonchev–Trinajstić information content (AvgIpc) is 3.29. The van der Waals surface area contributed by atoms with Crippen LogP contribution in [0.1, 0.15) is 21.6 Å². The summed E-state index contributed by atoms with van der Waals surface area (Å²) in [5, 5.41) is 8.28. The normalized spacial score (nSPS) is 11.1. The molecule has 2 heterocycles. The van der Waals surface area contributed by atoms with Crippen LogP contribution in [0, 0.1) is 6.92 Å². The molecule has 7 heteroatoms. The molecule has 0 atom stereocenters. The summed E-state index contributed by atoms with van der Waals surface area (Å²) in [4.78, 5) is 22.6. The third kappa shape index (κ3) is 3.50. The predicted molar refractivity (Wildman–Crippen MR) is 127 cm³/mol. The van der Waals surface area contributed by atoms with Crippen LogP contribution in [0.3, 0.4) is 0 Å². The maximum absolute atomic E-state index is 13.2. The fourth-order valence-electron chi connectivity index (χ4n) is 3.61. The standard InChI is InChI=1S/C25H18ClN5O/c1-14-7-9-16(10-8-14)24(32)23-25(27)30-21(15-5-3-2-4-6-15)22(29-23)17-11-18-13-28-31-20(18)19(26)12-17/h2-13H,1H3,(H2,27,30)(H,28,31). The van der Waals surface area contributed by atoms with Crippen molar-refractivity contribution in [3.63, 3.8) is 0 Å². The molecule has 0 amide bonds. The Morgan fingerprint density at radius 3 is 2.41 bits per heavy atom. The molecule has 0 radical (unpaired) electrons. The smallest absolute Gasteiger partial charge is 0.215 e. The Morgan fingerprint density at radius 1 is 0.938 bits per heavy atom. The molecule has 0 saturated carbocycles. The number of H-pyrrole nitrogens is 1. The van der Waals surface area contributed by atoms with Gasteiger partial charge in [-0.05, 0) is 19.1 Å². The number of hydrogen-bond donors (Lipinski definition) is 2. The number of nitrogen functional groups attached to an aromatic ring is 1. The Balaban J connectivity index is 1.74. The van der Waals surface area contributed by atoms with Gasteiger partial charge in [-0.3, -0.25) is 9.89 Å². The highest BCUT2D eigenvalue weighted by Crippen LogP contribution is 2.35. The number of carbonyl (C=O) groups is 1. The second-order valence-electron chi connectivity index (χ2n) is 7.51. The number of fused-ring (bicyclic) bond motifs is 1. The number of ketones is 1. The molecule has 0 aliphatic heterocycles. The average molecular weight is 440 g/mol. The van der Waals surface area contributed by atoms with Crippen LogP contribution in [0.4, 0.5) is 5.82 Å². The summed E-state index contributed by atoms with van der Waals surface area (Å²) in [6.07, 6.45) is 1.69. The van der Waals surface area contributed by atoms with E-state index in [9.17, 15) is 4.79 Å². The molecule has 156 valence electrons. The van der Waals surface area contributed by atoms with Crippen molar-refractivity contribution in [2.45, 2.75) is 6.92 Å². The van der Waals surface area contributed by atoms with Gasteiger partial charge >= 0.3 is 0 Å². The molecule has 0 unspecified atom stereocenters. The Hall–Kier alpha value is -4.03. The summed E-state index contributed by atoms with van der Waals surface area (Å²) in [6, 6.07) is 20.6. The molecule has 0 saturated heterocycles. The Kier molecular flexibility index (Phi) is 4.92. The van der Waals surface area contributed by atoms with Crippen molar-refractivity contribution in [1.82, 2.24) is 20.2 Å². The van der Waals surface area contributed by atoms with Crippen molar-refractivity contribution in [2.75, 3.05) is 5.73 Å². The van der Waals surface area contributed by atoms with Crippen molar-refractivity contribution in [3.05, 3.63) is 94.8 Å². The Bertz CT molecular complexity index is 1460. The molecule has 0 spiro atoms. The van der Waals surface area contributed by atoms with Crippen LogP contribution in [0.15, 0.2) is 72.9 Å². The molecule has 32 heavy (non-hydrogen) atoms. The lowest BCUT2D eigenvalue weighted by molar-refractivity contribution is 0.103. The maximum atomic E-state index is 13.2. The van der Waals surface area contributed by atoms with Crippen molar-refractivity contribution in [2.24, 2.45) is 0 Å². The lowest BCUT2D eigenvalue weighted by Crippen LogP contribution is -2.12. The molecule has 6 nitrogen and oxygen atoms in total. The first-order valence-electron chi connectivity index (χ1n) is 9.98. The molecular weight excluding hydrogens is 422 g/mol. The first kappa shape index (κ1) is 19.9. The first-order chi connectivity index (χ1) is 15.5. The highest BCUT2D eigenvalue weighted by atomic mass is 35.5. The summed E-state index contributed by atoms with van der Waals surface area (Å²) in [5.74, 6) is -0.208. The summed E-state index contributed by atoms with van der Waals surface area (Å²) < 4.78 is 0. The van der Waals surface area contributed by atoms with Gasteiger partial charge in [0.25, 0.3) is 0 Å². The van der Waals surface area contributed by atoms with Gasteiger partial charge < -0.3 is 5.73 Å². The van der Waals surface area contributed by atoms with Crippen LogP contribution in [0.5, 0.6) is 0 Å². The number of benzene rings is 3. The SMILES string of the molecule is Cc1ccc(C(=O)c2nc(-c3cc(Cl)c4[nH]ncc4c3)c(-c3ccccc3)nc2N)cc1. The van der Waals surface area contributed by atoms with Gasteiger partial charge in [0.2, 0.25) is 5.78 Å². The topological polar surface area (TPSA) is 97.5 Å². The third-order valence-electron chi connectivity index (χ3n) is 5.27. The van der Waals surface area contributed by atoms with Crippen molar-refractivity contribution in [1.29, 1.82) is 0 Å². The van der Waals surface area contributed by atoms with Gasteiger partial charge in [-0.2, -0.15) is 5.10 Å². The minimum atomic E-state index is -0.286. The fraction of sp³-hybridized carbons (Fsp3) is 0.0400. The lowest BCUT2D eigenvalue weighted by Gasteiger charge is -2.13. The summed E-state index contributed by atoms with van der Waals surface area (Å²) in [7, 11) is 0. The van der Waals surface area contributed by atoms with Crippen molar-refractivity contribution < 1.29 is 4.79 Å². The van der Waals surface area contributed by atoms with Crippen LogP contribution in [-0.4, -0.2) is 25.9 Å². The molecule has 0 aliphatic carbocycles. The summed E-state index contributed by atoms with van der Waals surface area (Å²) in [6.45, 7) is 1.96. The van der Waals surface area contributed by atoms with E-state index in [1.807, 2.05) is 55.5 Å². The van der Waals surface area contributed by atoms with Gasteiger partial charge in [-0.1, -0.05) is 71.8 Å². The molecule has 3 aromatic carbocycles. The van der Waals surface area contributed by atoms with E-state index in [-0.39, 0.29) is 17.3 Å². The number of anilines is 1. The molecule has 5 rings (SSSR count). The number of hydrogen-bond acceptors (Lipinski definition) is 5. The third-order valence-corrected chi connectivity index (χ3v) is 5.57. The van der Waals surface area contributed by atoms with E-state index in [1.165, 1.54) is 0 Å². The van der Waals surface area contributed by atoms with Gasteiger partial charge in [0.1, 0.15) is 0 Å².